The number of carbonyl (C=O) groups is 1. The topological polar surface area (TPSA) is 29.1 Å². The Bertz CT molecular complexity index is 865. The maximum atomic E-state index is 12.5. The van der Waals surface area contributed by atoms with E-state index in [2.05, 4.69) is 25.2 Å². The minimum Gasteiger partial charge on any atom is -0.321 e. The lowest BCUT2D eigenvalue weighted by Crippen LogP contribution is -2.10. The van der Waals surface area contributed by atoms with E-state index >= 15 is 0 Å². The lowest BCUT2D eigenvalue weighted by molar-refractivity contribution is 0.103. The van der Waals surface area contributed by atoms with Gasteiger partial charge < -0.3 is 5.32 Å². The van der Waals surface area contributed by atoms with Crippen LogP contribution in [0.2, 0.25) is 5.02 Å². The molecule has 0 saturated carbocycles. The first kappa shape index (κ1) is 16.0. The number of hydrogen-bond donors (Lipinski definition) is 1. The molecular formula is C19H18ClNOS. The maximum absolute atomic E-state index is 12.5. The molecule has 2 aromatic carbocycles. The first-order valence-electron chi connectivity index (χ1n) is 7.55. The minimum atomic E-state index is -0.161. The molecule has 0 aliphatic rings. The summed E-state index contributed by atoms with van der Waals surface area (Å²) in [6, 6.07) is 14.0. The average molecular weight is 344 g/mol. The van der Waals surface area contributed by atoms with Crippen LogP contribution in [-0.4, -0.2) is 5.91 Å². The van der Waals surface area contributed by atoms with Gasteiger partial charge >= 0.3 is 0 Å². The summed E-state index contributed by atoms with van der Waals surface area (Å²) in [6.07, 6.45) is 0. The van der Waals surface area contributed by atoms with Crippen molar-refractivity contribution in [1.82, 2.24) is 0 Å². The second-order valence-corrected chi connectivity index (χ2v) is 7.41. The van der Waals surface area contributed by atoms with Gasteiger partial charge in [0.25, 0.3) is 5.91 Å². The number of thiophene rings is 1. The predicted octanol–water partition coefficient (Wildman–Crippen LogP) is 6.24. The molecule has 1 heterocycles. The zero-order chi connectivity index (χ0) is 16.6. The number of halogens is 1. The van der Waals surface area contributed by atoms with Crippen molar-refractivity contribution >= 4 is 44.6 Å². The number of anilines is 1. The molecule has 1 aromatic heterocycles. The van der Waals surface area contributed by atoms with Gasteiger partial charge in [-0.3, -0.25) is 4.79 Å². The van der Waals surface area contributed by atoms with E-state index in [0.717, 1.165) is 21.3 Å². The monoisotopic (exact) mass is 343 g/mol. The van der Waals surface area contributed by atoms with Crippen LogP contribution in [0.3, 0.4) is 0 Å². The van der Waals surface area contributed by atoms with Gasteiger partial charge in [0, 0.05) is 15.8 Å². The molecule has 3 aromatic rings. The van der Waals surface area contributed by atoms with Crippen molar-refractivity contribution < 1.29 is 4.79 Å². The third-order valence-electron chi connectivity index (χ3n) is 3.83. The van der Waals surface area contributed by atoms with Crippen LogP contribution in [0.15, 0.2) is 42.5 Å². The van der Waals surface area contributed by atoms with Crippen LogP contribution in [0, 0.1) is 6.92 Å². The molecule has 0 unspecified atom stereocenters. The van der Waals surface area contributed by atoms with Gasteiger partial charge in [-0.05, 0) is 42.2 Å². The highest BCUT2D eigenvalue weighted by molar-refractivity contribution is 7.21. The molecule has 1 N–H and O–H groups in total. The molecule has 0 spiro atoms. The maximum Gasteiger partial charge on any atom is 0.267 e. The lowest BCUT2D eigenvalue weighted by atomic mass is 10.0. The van der Waals surface area contributed by atoms with Crippen molar-refractivity contribution in [2.75, 3.05) is 5.32 Å². The van der Waals surface area contributed by atoms with Crippen LogP contribution in [0.4, 0.5) is 5.69 Å². The van der Waals surface area contributed by atoms with Crippen molar-refractivity contribution in [1.29, 1.82) is 0 Å². The van der Waals surface area contributed by atoms with E-state index in [4.69, 9.17) is 11.6 Å². The van der Waals surface area contributed by atoms with Crippen LogP contribution in [0.25, 0.3) is 10.1 Å². The molecule has 3 rings (SSSR count). The van der Waals surface area contributed by atoms with E-state index in [1.807, 2.05) is 43.3 Å². The Morgan fingerprint density at radius 3 is 2.48 bits per heavy atom. The smallest absolute Gasteiger partial charge is 0.267 e. The molecule has 0 saturated heterocycles. The summed E-state index contributed by atoms with van der Waals surface area (Å²) in [5.41, 5.74) is 3.19. The summed E-state index contributed by atoms with van der Waals surface area (Å²) in [5, 5.41) is 4.39. The number of amides is 1. The number of hydrogen-bond acceptors (Lipinski definition) is 2. The molecule has 0 aliphatic heterocycles. The van der Waals surface area contributed by atoms with Gasteiger partial charge in [-0.2, -0.15) is 0 Å². The minimum absolute atomic E-state index is 0.161. The van der Waals surface area contributed by atoms with Crippen LogP contribution in [-0.2, 0) is 0 Å². The molecule has 118 valence electrons. The number of carbonyl (C=O) groups excluding carboxylic acids is 1. The highest BCUT2D eigenvalue weighted by Gasteiger charge is 2.17. The van der Waals surface area contributed by atoms with Gasteiger partial charge in [0.05, 0.1) is 5.02 Å². The van der Waals surface area contributed by atoms with Crippen LogP contribution in [0.5, 0.6) is 0 Å². The Labute approximate surface area is 145 Å². The molecule has 0 radical (unpaired) electrons. The van der Waals surface area contributed by atoms with Crippen molar-refractivity contribution in [3.8, 4) is 0 Å². The van der Waals surface area contributed by atoms with E-state index in [1.165, 1.54) is 16.9 Å². The summed E-state index contributed by atoms with van der Waals surface area (Å²) < 4.78 is 1.04. The standard InChI is InChI=1S/C19H18ClNOS/c1-11(2)13-5-7-14(8-6-13)21-19(22)18-17(20)15-9-4-12(3)10-16(15)23-18/h4-11H,1-3H3,(H,21,22). The fourth-order valence-corrected chi connectivity index (χ4v) is 3.97. The van der Waals surface area contributed by atoms with E-state index < -0.39 is 0 Å². The summed E-state index contributed by atoms with van der Waals surface area (Å²) >= 11 is 7.82. The lowest BCUT2D eigenvalue weighted by Gasteiger charge is -2.08. The number of benzene rings is 2. The Kier molecular flexibility index (Phi) is 4.42. The molecule has 0 atom stereocenters. The van der Waals surface area contributed by atoms with E-state index in [0.29, 0.717) is 15.8 Å². The molecule has 2 nitrogen and oxygen atoms in total. The number of nitrogens with one attached hydrogen (secondary N) is 1. The van der Waals surface area contributed by atoms with Gasteiger partial charge in [-0.15, -0.1) is 11.3 Å². The summed E-state index contributed by atoms with van der Waals surface area (Å²) in [4.78, 5) is 13.1. The molecule has 23 heavy (non-hydrogen) atoms. The second-order valence-electron chi connectivity index (χ2n) is 5.98. The molecule has 0 fully saturated rings. The average Bonchev–Trinajstić information content (AvgIpc) is 2.84. The summed E-state index contributed by atoms with van der Waals surface area (Å²) in [5.74, 6) is 0.311. The highest BCUT2D eigenvalue weighted by atomic mass is 35.5. The number of rotatable bonds is 3. The highest BCUT2D eigenvalue weighted by Crippen LogP contribution is 2.36. The summed E-state index contributed by atoms with van der Waals surface area (Å²) in [6.45, 7) is 6.32. The van der Waals surface area contributed by atoms with Crippen LogP contribution < -0.4 is 5.32 Å². The fraction of sp³-hybridized carbons (Fsp3) is 0.211. The summed E-state index contributed by atoms with van der Waals surface area (Å²) in [7, 11) is 0. The fourth-order valence-electron chi connectivity index (χ4n) is 2.46. The van der Waals surface area contributed by atoms with Crippen LogP contribution >= 0.6 is 22.9 Å². The van der Waals surface area contributed by atoms with Gasteiger partial charge in [0.1, 0.15) is 4.88 Å². The molecule has 0 aliphatic carbocycles. The second kappa shape index (κ2) is 6.34. The first-order chi connectivity index (χ1) is 11.0. The van der Waals surface area contributed by atoms with Gasteiger partial charge in [-0.1, -0.05) is 49.7 Å². The Morgan fingerprint density at radius 2 is 1.83 bits per heavy atom. The van der Waals surface area contributed by atoms with Crippen molar-refractivity contribution in [2.45, 2.75) is 26.7 Å². The Morgan fingerprint density at radius 1 is 1.13 bits per heavy atom. The van der Waals surface area contributed by atoms with Gasteiger partial charge in [0.2, 0.25) is 0 Å². The molecule has 0 bridgehead atoms. The van der Waals surface area contributed by atoms with Crippen molar-refractivity contribution in [3.05, 3.63) is 63.5 Å². The van der Waals surface area contributed by atoms with Gasteiger partial charge in [0.15, 0.2) is 0 Å². The zero-order valence-corrected chi connectivity index (χ0v) is 14.9. The van der Waals surface area contributed by atoms with Gasteiger partial charge in [-0.25, -0.2) is 0 Å². The Balaban J connectivity index is 1.87. The Hall–Kier alpha value is -1.84. The van der Waals surface area contributed by atoms with Crippen molar-refractivity contribution in [2.24, 2.45) is 0 Å². The molecular weight excluding hydrogens is 326 g/mol. The van der Waals surface area contributed by atoms with Crippen LogP contribution in [0.1, 0.15) is 40.6 Å². The molecule has 1 amide bonds. The zero-order valence-electron chi connectivity index (χ0n) is 13.3. The van der Waals surface area contributed by atoms with E-state index in [9.17, 15) is 4.79 Å². The van der Waals surface area contributed by atoms with E-state index in [1.54, 1.807) is 0 Å². The number of aryl methyl sites for hydroxylation is 1. The normalized spacial score (nSPS) is 11.2. The van der Waals surface area contributed by atoms with E-state index in [-0.39, 0.29) is 5.91 Å². The molecule has 4 heteroatoms. The van der Waals surface area contributed by atoms with Crippen molar-refractivity contribution in [3.63, 3.8) is 0 Å². The third kappa shape index (κ3) is 3.26. The predicted molar refractivity (Wildman–Crippen MR) is 100 cm³/mol. The quantitative estimate of drug-likeness (QED) is 0.599. The third-order valence-corrected chi connectivity index (χ3v) is 5.48. The largest absolute Gasteiger partial charge is 0.321 e. The first-order valence-corrected chi connectivity index (χ1v) is 8.75. The number of fused-ring (bicyclic) bond motifs is 1. The SMILES string of the molecule is Cc1ccc2c(Cl)c(C(=O)Nc3ccc(C(C)C)cc3)sc2c1.